The van der Waals surface area contributed by atoms with Gasteiger partial charge in [0.05, 0.1) is 0 Å². The van der Waals surface area contributed by atoms with Crippen LogP contribution in [0.3, 0.4) is 0 Å². The van der Waals surface area contributed by atoms with Crippen molar-refractivity contribution in [3.8, 4) is 0 Å². The molecule has 2 rings (SSSR count). The number of hydrogen-bond donors (Lipinski definition) is 2. The van der Waals surface area contributed by atoms with Crippen LogP contribution in [0.1, 0.15) is 63.5 Å². The molecule has 1 amide bonds. The fraction of sp³-hybridized carbons (Fsp3) is 0.706. The summed E-state index contributed by atoms with van der Waals surface area (Å²) in [5.74, 6) is 0.139. The maximum absolute atomic E-state index is 12.1. The summed E-state index contributed by atoms with van der Waals surface area (Å²) >= 11 is 0. The molecule has 4 heteroatoms. The average molecular weight is 291 g/mol. The monoisotopic (exact) mass is 291 g/mol. The van der Waals surface area contributed by atoms with Crippen molar-refractivity contribution in [1.29, 1.82) is 0 Å². The summed E-state index contributed by atoms with van der Waals surface area (Å²) in [4.78, 5) is 12.1. The van der Waals surface area contributed by atoms with E-state index in [1.54, 1.807) is 0 Å². The number of hydrogen-bond acceptors (Lipinski definition) is 2. The summed E-state index contributed by atoms with van der Waals surface area (Å²) in [5.41, 5.74) is 1.27. The lowest BCUT2D eigenvalue weighted by Crippen LogP contribution is -2.38. The SMILES string of the molecule is CCCC(NC)c1ccn(CC(=O)NC2CCCCC2)c1. The minimum atomic E-state index is 0.139. The molecule has 1 aromatic rings. The van der Waals surface area contributed by atoms with E-state index in [1.807, 2.05) is 17.8 Å². The van der Waals surface area contributed by atoms with Crippen LogP contribution in [-0.2, 0) is 11.3 Å². The predicted molar refractivity (Wildman–Crippen MR) is 86.2 cm³/mol. The Morgan fingerprint density at radius 1 is 1.38 bits per heavy atom. The van der Waals surface area contributed by atoms with Crippen molar-refractivity contribution in [1.82, 2.24) is 15.2 Å². The Balaban J connectivity index is 1.84. The van der Waals surface area contributed by atoms with Crippen LogP contribution in [0.2, 0.25) is 0 Å². The summed E-state index contributed by atoms with van der Waals surface area (Å²) in [6, 6.07) is 2.90. The fourth-order valence-electron chi connectivity index (χ4n) is 3.22. The number of amides is 1. The van der Waals surface area contributed by atoms with E-state index in [2.05, 4.69) is 29.8 Å². The lowest BCUT2D eigenvalue weighted by Gasteiger charge is -2.22. The van der Waals surface area contributed by atoms with Gasteiger partial charge >= 0.3 is 0 Å². The smallest absolute Gasteiger partial charge is 0.240 e. The van der Waals surface area contributed by atoms with Crippen molar-refractivity contribution < 1.29 is 4.79 Å². The van der Waals surface area contributed by atoms with Crippen LogP contribution in [0.25, 0.3) is 0 Å². The van der Waals surface area contributed by atoms with Crippen molar-refractivity contribution in [3.63, 3.8) is 0 Å². The summed E-state index contributed by atoms with van der Waals surface area (Å²) in [5, 5.41) is 6.51. The minimum absolute atomic E-state index is 0.139. The van der Waals surface area contributed by atoms with Gasteiger partial charge in [-0.1, -0.05) is 32.6 Å². The van der Waals surface area contributed by atoms with Crippen LogP contribution < -0.4 is 10.6 Å². The molecule has 1 saturated carbocycles. The number of aromatic nitrogens is 1. The highest BCUT2D eigenvalue weighted by Gasteiger charge is 2.16. The minimum Gasteiger partial charge on any atom is -0.352 e. The quantitative estimate of drug-likeness (QED) is 0.811. The summed E-state index contributed by atoms with van der Waals surface area (Å²) < 4.78 is 1.99. The van der Waals surface area contributed by atoms with Gasteiger partial charge in [0.15, 0.2) is 0 Å². The topological polar surface area (TPSA) is 46.1 Å². The van der Waals surface area contributed by atoms with Gasteiger partial charge < -0.3 is 15.2 Å². The first-order valence-electron chi connectivity index (χ1n) is 8.35. The fourth-order valence-corrected chi connectivity index (χ4v) is 3.22. The van der Waals surface area contributed by atoms with E-state index in [1.165, 1.54) is 24.8 Å². The Morgan fingerprint density at radius 2 is 2.14 bits per heavy atom. The zero-order valence-corrected chi connectivity index (χ0v) is 13.4. The molecule has 1 aliphatic carbocycles. The molecule has 0 aliphatic heterocycles. The summed E-state index contributed by atoms with van der Waals surface area (Å²) in [7, 11) is 1.99. The van der Waals surface area contributed by atoms with Gasteiger partial charge in [-0.05, 0) is 37.9 Å². The average Bonchev–Trinajstić information content (AvgIpc) is 2.93. The molecule has 0 spiro atoms. The van der Waals surface area contributed by atoms with Crippen LogP contribution in [0.5, 0.6) is 0 Å². The lowest BCUT2D eigenvalue weighted by molar-refractivity contribution is -0.122. The lowest BCUT2D eigenvalue weighted by atomic mass is 9.95. The molecule has 0 aromatic carbocycles. The van der Waals surface area contributed by atoms with E-state index in [0.717, 1.165) is 25.7 Å². The van der Waals surface area contributed by atoms with Gasteiger partial charge in [-0.25, -0.2) is 0 Å². The Kier molecular flexibility index (Phi) is 6.30. The molecule has 1 atom stereocenters. The van der Waals surface area contributed by atoms with Crippen LogP contribution in [-0.4, -0.2) is 23.6 Å². The van der Waals surface area contributed by atoms with Gasteiger partial charge in [-0.15, -0.1) is 0 Å². The number of carbonyl (C=O) groups is 1. The molecule has 0 bridgehead atoms. The second-order valence-electron chi connectivity index (χ2n) is 6.15. The van der Waals surface area contributed by atoms with Gasteiger partial charge in [0.1, 0.15) is 6.54 Å². The molecule has 1 heterocycles. The molecule has 118 valence electrons. The van der Waals surface area contributed by atoms with E-state index in [0.29, 0.717) is 18.6 Å². The first kappa shape index (κ1) is 16.1. The third-order valence-corrected chi connectivity index (χ3v) is 4.40. The molecule has 0 radical (unpaired) electrons. The largest absolute Gasteiger partial charge is 0.352 e. The zero-order valence-electron chi connectivity index (χ0n) is 13.4. The first-order chi connectivity index (χ1) is 10.2. The highest BCUT2D eigenvalue weighted by Crippen LogP contribution is 2.19. The van der Waals surface area contributed by atoms with Crippen molar-refractivity contribution in [3.05, 3.63) is 24.0 Å². The van der Waals surface area contributed by atoms with Gasteiger partial charge in [-0.3, -0.25) is 4.79 Å². The van der Waals surface area contributed by atoms with E-state index in [-0.39, 0.29) is 5.91 Å². The molecule has 0 saturated heterocycles. The number of rotatable bonds is 7. The first-order valence-corrected chi connectivity index (χ1v) is 8.35. The molecule has 1 unspecified atom stereocenters. The molecule has 21 heavy (non-hydrogen) atoms. The van der Waals surface area contributed by atoms with Gasteiger partial charge in [0.2, 0.25) is 5.91 Å². The van der Waals surface area contributed by atoms with E-state index in [4.69, 9.17) is 0 Å². The number of carbonyl (C=O) groups excluding carboxylic acids is 1. The maximum atomic E-state index is 12.1. The molecule has 1 aromatic heterocycles. The van der Waals surface area contributed by atoms with Crippen molar-refractivity contribution in [2.45, 2.75) is 70.5 Å². The van der Waals surface area contributed by atoms with Gasteiger partial charge in [-0.2, -0.15) is 0 Å². The van der Waals surface area contributed by atoms with Crippen molar-refractivity contribution in [2.24, 2.45) is 0 Å². The Bertz CT molecular complexity index is 435. The molecule has 4 nitrogen and oxygen atoms in total. The van der Waals surface area contributed by atoms with Crippen LogP contribution in [0, 0.1) is 0 Å². The highest BCUT2D eigenvalue weighted by atomic mass is 16.2. The molecular weight excluding hydrogens is 262 g/mol. The highest BCUT2D eigenvalue weighted by molar-refractivity contribution is 5.76. The normalized spacial score (nSPS) is 17.6. The van der Waals surface area contributed by atoms with Crippen LogP contribution >= 0.6 is 0 Å². The van der Waals surface area contributed by atoms with Gasteiger partial charge in [0.25, 0.3) is 0 Å². The maximum Gasteiger partial charge on any atom is 0.240 e. The van der Waals surface area contributed by atoms with Crippen LogP contribution in [0.4, 0.5) is 0 Å². The summed E-state index contributed by atoms with van der Waals surface area (Å²) in [6.45, 7) is 2.62. The Morgan fingerprint density at radius 3 is 2.81 bits per heavy atom. The molecule has 1 aliphatic rings. The molecule has 1 fully saturated rings. The van der Waals surface area contributed by atoms with E-state index in [9.17, 15) is 4.79 Å². The van der Waals surface area contributed by atoms with Crippen molar-refractivity contribution in [2.75, 3.05) is 7.05 Å². The summed E-state index contributed by atoms with van der Waals surface area (Å²) in [6.07, 6.45) is 12.5. The number of nitrogens with zero attached hydrogens (tertiary/aromatic N) is 1. The predicted octanol–water partition coefficient (Wildman–Crippen LogP) is 3.00. The molecule has 2 N–H and O–H groups in total. The second-order valence-corrected chi connectivity index (χ2v) is 6.15. The molecular formula is C17H29N3O. The second kappa shape index (κ2) is 8.23. The van der Waals surface area contributed by atoms with E-state index < -0.39 is 0 Å². The number of nitrogens with one attached hydrogen (secondary N) is 2. The van der Waals surface area contributed by atoms with Crippen LogP contribution in [0.15, 0.2) is 18.5 Å². The van der Waals surface area contributed by atoms with Crippen molar-refractivity contribution >= 4 is 5.91 Å². The Labute approximate surface area is 128 Å². The van der Waals surface area contributed by atoms with Gasteiger partial charge in [0, 0.05) is 24.5 Å². The Hall–Kier alpha value is -1.29. The standard InChI is InChI=1S/C17H29N3O/c1-3-7-16(18-2)14-10-11-20(12-14)13-17(21)19-15-8-5-4-6-9-15/h10-12,15-16,18H,3-9,13H2,1-2H3,(H,19,21). The third kappa shape index (κ3) is 4.88. The van der Waals surface area contributed by atoms with E-state index >= 15 is 0 Å². The third-order valence-electron chi connectivity index (χ3n) is 4.40. The zero-order chi connectivity index (χ0) is 15.1.